The first-order valence-corrected chi connectivity index (χ1v) is 18.1. The zero-order valence-corrected chi connectivity index (χ0v) is 28.5. The van der Waals surface area contributed by atoms with Crippen LogP contribution in [0.4, 0.5) is 0 Å². The Balaban J connectivity index is 1.51. The molecular weight excluding hydrogens is 667 g/mol. The molecule has 0 bridgehead atoms. The predicted octanol–water partition coefficient (Wildman–Crippen LogP) is 6.59. The molecule has 12 heteroatoms. The fourth-order valence-corrected chi connectivity index (χ4v) is 7.33. The molecule has 0 saturated carbocycles. The van der Waals surface area contributed by atoms with E-state index in [2.05, 4.69) is 0 Å². The molecule has 10 nitrogen and oxygen atoms in total. The average molecular weight is 700 g/mol. The summed E-state index contributed by atoms with van der Waals surface area (Å²) < 4.78 is 71.8. The van der Waals surface area contributed by atoms with E-state index in [9.17, 15) is 26.7 Å². The minimum atomic E-state index is -4.56. The molecule has 0 radical (unpaired) electrons. The summed E-state index contributed by atoms with van der Waals surface area (Å²) in [5.74, 6) is -1.55. The number of phenols is 1. The zero-order valence-electron chi connectivity index (χ0n) is 26.9. The second-order valence-corrected chi connectivity index (χ2v) is 14.8. The van der Waals surface area contributed by atoms with Crippen LogP contribution < -0.4 is 13.1 Å². The van der Waals surface area contributed by atoms with Gasteiger partial charge in [-0.15, -0.1) is 0 Å². The Bertz CT molecular complexity index is 2250. The van der Waals surface area contributed by atoms with Crippen molar-refractivity contribution >= 4 is 26.1 Å². The van der Waals surface area contributed by atoms with Gasteiger partial charge in [-0.1, -0.05) is 77.9 Å². The number of amides is 1. The SMILES string of the molecule is Cc1ccc(S(=O)(=O)Oc2cc(OS(=O)(=O)c3ccc(C)cc3)c(C(=O)N3Cc4cccc(O)c4C3)c(OCc3ccccc3)c2C)cc1. The molecule has 1 aliphatic heterocycles. The molecule has 5 aromatic rings. The zero-order chi connectivity index (χ0) is 34.9. The summed E-state index contributed by atoms with van der Waals surface area (Å²) in [5, 5.41) is 10.5. The fraction of sp³-hybridized carbons (Fsp3) is 0.162. The van der Waals surface area contributed by atoms with E-state index >= 15 is 0 Å². The number of ether oxygens (including phenoxy) is 1. The lowest BCUT2D eigenvalue weighted by Gasteiger charge is -2.23. The van der Waals surface area contributed by atoms with Gasteiger partial charge in [-0.3, -0.25) is 4.79 Å². The van der Waals surface area contributed by atoms with Gasteiger partial charge in [-0.05, 0) is 62.2 Å². The Kier molecular flexibility index (Phi) is 9.10. The highest BCUT2D eigenvalue weighted by Crippen LogP contribution is 2.43. The average Bonchev–Trinajstić information content (AvgIpc) is 3.52. The van der Waals surface area contributed by atoms with E-state index in [1.807, 2.05) is 25.1 Å². The van der Waals surface area contributed by atoms with Gasteiger partial charge in [0.05, 0.1) is 6.54 Å². The number of carbonyl (C=O) groups excluding carboxylic acids is 1. The number of benzene rings is 5. The number of aromatic hydroxyl groups is 1. The van der Waals surface area contributed by atoms with E-state index in [4.69, 9.17) is 13.1 Å². The highest BCUT2D eigenvalue weighted by atomic mass is 32.2. The number of fused-ring (bicyclic) bond motifs is 1. The van der Waals surface area contributed by atoms with Gasteiger partial charge < -0.3 is 23.1 Å². The summed E-state index contributed by atoms with van der Waals surface area (Å²) in [6.07, 6.45) is 0. The van der Waals surface area contributed by atoms with Gasteiger partial charge in [0, 0.05) is 23.7 Å². The molecule has 0 spiro atoms. The van der Waals surface area contributed by atoms with Crippen LogP contribution in [-0.4, -0.2) is 32.7 Å². The fourth-order valence-electron chi connectivity index (χ4n) is 5.42. The van der Waals surface area contributed by atoms with Crippen LogP contribution in [0.5, 0.6) is 23.0 Å². The van der Waals surface area contributed by atoms with Crippen LogP contribution in [0, 0.1) is 20.8 Å². The first-order valence-electron chi connectivity index (χ1n) is 15.3. The van der Waals surface area contributed by atoms with Crippen molar-refractivity contribution in [1.29, 1.82) is 0 Å². The number of hydrogen-bond acceptors (Lipinski definition) is 9. The van der Waals surface area contributed by atoms with Crippen molar-refractivity contribution in [3.63, 3.8) is 0 Å². The summed E-state index contributed by atoms with van der Waals surface area (Å²) in [5.41, 5.74) is 3.52. The van der Waals surface area contributed by atoms with E-state index in [-0.39, 0.29) is 57.9 Å². The normalized spacial score (nSPS) is 12.8. The van der Waals surface area contributed by atoms with Crippen molar-refractivity contribution in [2.75, 3.05) is 0 Å². The topological polar surface area (TPSA) is 137 Å². The molecule has 0 saturated heterocycles. The van der Waals surface area contributed by atoms with Crippen molar-refractivity contribution in [3.8, 4) is 23.0 Å². The molecule has 1 aliphatic rings. The maximum Gasteiger partial charge on any atom is 0.339 e. The smallest absolute Gasteiger partial charge is 0.339 e. The number of aryl methyl sites for hydroxylation is 2. The van der Waals surface area contributed by atoms with Gasteiger partial charge in [0.1, 0.15) is 33.5 Å². The molecule has 5 aromatic carbocycles. The van der Waals surface area contributed by atoms with Crippen molar-refractivity contribution in [2.45, 2.75) is 50.3 Å². The van der Waals surface area contributed by atoms with Gasteiger partial charge in [-0.25, -0.2) is 0 Å². The van der Waals surface area contributed by atoms with Gasteiger partial charge in [-0.2, -0.15) is 16.8 Å². The van der Waals surface area contributed by atoms with Crippen LogP contribution in [0.3, 0.4) is 0 Å². The van der Waals surface area contributed by atoms with Gasteiger partial charge in [0.25, 0.3) is 5.91 Å². The standard InChI is InChI=1S/C37H33NO9S2/c1-24-12-16-29(17-13-24)48(41,42)46-33-20-34(47-49(43,44)30-18-14-25(2)15-19-30)35(36(26(33)3)45-23-27-8-5-4-6-9-27)37(40)38-21-28-10-7-11-32(39)31(28)22-38/h4-20,39H,21-23H2,1-3H3. The molecule has 49 heavy (non-hydrogen) atoms. The second kappa shape index (κ2) is 13.3. The molecular formula is C37H33NO9S2. The number of carbonyl (C=O) groups is 1. The molecule has 1 N–H and O–H groups in total. The van der Waals surface area contributed by atoms with E-state index in [0.29, 0.717) is 5.56 Å². The molecule has 0 unspecified atom stereocenters. The molecule has 0 fully saturated rings. The molecule has 1 amide bonds. The molecule has 0 aliphatic carbocycles. The number of hydrogen-bond donors (Lipinski definition) is 1. The summed E-state index contributed by atoms with van der Waals surface area (Å²) in [6.45, 7) is 5.22. The highest BCUT2D eigenvalue weighted by Gasteiger charge is 2.35. The predicted molar refractivity (Wildman–Crippen MR) is 182 cm³/mol. The van der Waals surface area contributed by atoms with Gasteiger partial charge >= 0.3 is 20.2 Å². The lowest BCUT2D eigenvalue weighted by Crippen LogP contribution is -2.27. The lowest BCUT2D eigenvalue weighted by molar-refractivity contribution is 0.0744. The Morgan fingerprint density at radius 2 is 1.29 bits per heavy atom. The third-order valence-electron chi connectivity index (χ3n) is 8.15. The van der Waals surface area contributed by atoms with Crippen molar-refractivity contribution in [2.24, 2.45) is 0 Å². The van der Waals surface area contributed by atoms with E-state index in [1.54, 1.807) is 55.5 Å². The van der Waals surface area contributed by atoms with Crippen LogP contribution in [0.15, 0.2) is 113 Å². The van der Waals surface area contributed by atoms with Gasteiger partial charge in [0.2, 0.25) is 0 Å². The Hall–Kier alpha value is -5.33. The quantitative estimate of drug-likeness (QED) is 0.160. The van der Waals surface area contributed by atoms with E-state index < -0.39 is 31.9 Å². The summed E-state index contributed by atoms with van der Waals surface area (Å²) >= 11 is 0. The maximum atomic E-state index is 14.5. The van der Waals surface area contributed by atoms with Crippen LogP contribution in [0.25, 0.3) is 0 Å². The van der Waals surface area contributed by atoms with Crippen LogP contribution >= 0.6 is 0 Å². The molecule has 252 valence electrons. The monoisotopic (exact) mass is 699 g/mol. The number of rotatable bonds is 10. The minimum Gasteiger partial charge on any atom is -0.508 e. The maximum absolute atomic E-state index is 14.5. The summed E-state index contributed by atoms with van der Waals surface area (Å²) in [6, 6.07) is 27.1. The lowest BCUT2D eigenvalue weighted by atomic mass is 10.1. The third-order valence-corrected chi connectivity index (χ3v) is 10.6. The first kappa shape index (κ1) is 33.6. The molecule has 6 rings (SSSR count). The van der Waals surface area contributed by atoms with Crippen LogP contribution in [0.1, 0.15) is 43.7 Å². The van der Waals surface area contributed by atoms with Crippen LogP contribution in [0.2, 0.25) is 0 Å². The van der Waals surface area contributed by atoms with Crippen molar-refractivity contribution in [1.82, 2.24) is 4.90 Å². The first-order chi connectivity index (χ1) is 23.3. The summed E-state index contributed by atoms with van der Waals surface area (Å²) in [4.78, 5) is 15.6. The van der Waals surface area contributed by atoms with Crippen molar-refractivity contribution < 1.29 is 39.8 Å². The third kappa shape index (κ3) is 7.10. The van der Waals surface area contributed by atoms with E-state index in [0.717, 1.165) is 28.3 Å². The van der Waals surface area contributed by atoms with Crippen LogP contribution in [-0.2, 0) is 39.9 Å². The number of phenolic OH excluding ortho intramolecular Hbond substituents is 1. The molecule has 1 heterocycles. The van der Waals surface area contributed by atoms with Gasteiger partial charge in [0.15, 0.2) is 11.5 Å². The minimum absolute atomic E-state index is 0.0213. The molecule has 0 atom stereocenters. The second-order valence-electron chi connectivity index (χ2n) is 11.8. The van der Waals surface area contributed by atoms with E-state index in [1.165, 1.54) is 42.2 Å². The van der Waals surface area contributed by atoms with Crippen molar-refractivity contribution in [3.05, 3.63) is 142 Å². The highest BCUT2D eigenvalue weighted by molar-refractivity contribution is 7.87. The largest absolute Gasteiger partial charge is 0.508 e. The Morgan fingerprint density at radius 3 is 1.86 bits per heavy atom. The number of nitrogens with zero attached hydrogens (tertiary/aromatic N) is 1. The Labute approximate surface area is 285 Å². The molecule has 0 aromatic heterocycles. The Morgan fingerprint density at radius 1 is 0.714 bits per heavy atom. The summed E-state index contributed by atoms with van der Waals surface area (Å²) in [7, 11) is -8.98.